The van der Waals surface area contributed by atoms with Crippen molar-refractivity contribution in [2.75, 3.05) is 14.2 Å². The Morgan fingerprint density at radius 1 is 1.14 bits per heavy atom. The van der Waals surface area contributed by atoms with E-state index in [1.165, 1.54) is 25.7 Å². The van der Waals surface area contributed by atoms with Gasteiger partial charge in [-0.2, -0.15) is 0 Å². The second-order valence-electron chi connectivity index (χ2n) is 5.16. The van der Waals surface area contributed by atoms with E-state index < -0.39 is 0 Å². The fourth-order valence-corrected chi connectivity index (χ4v) is 2.73. The van der Waals surface area contributed by atoms with Gasteiger partial charge in [0.05, 0.1) is 19.2 Å². The van der Waals surface area contributed by atoms with Gasteiger partial charge in [0.25, 0.3) is 0 Å². The average Bonchev–Trinajstić information content (AvgIpc) is 2.50. The summed E-state index contributed by atoms with van der Waals surface area (Å²) in [5.41, 5.74) is 3.89. The highest BCUT2D eigenvalue weighted by Gasteiger charge is 2.16. The Hall–Kier alpha value is -0.970. The van der Waals surface area contributed by atoms with Crippen molar-refractivity contribution in [1.29, 1.82) is 0 Å². The zero-order valence-corrected chi connectivity index (χ0v) is 14.0. The first-order chi connectivity index (χ1) is 10.2. The van der Waals surface area contributed by atoms with Crippen LogP contribution in [0.4, 0.5) is 0 Å². The molecule has 0 radical (unpaired) electrons. The lowest BCUT2D eigenvalue weighted by atomic mass is 10.00. The first kappa shape index (κ1) is 18.1. The molecule has 0 aromatic heterocycles. The number of benzene rings is 1. The van der Waals surface area contributed by atoms with Gasteiger partial charge in [0, 0.05) is 6.04 Å². The number of nitrogens with one attached hydrogen (secondary N) is 1. The van der Waals surface area contributed by atoms with Crippen LogP contribution in [-0.4, -0.2) is 14.2 Å². The third kappa shape index (κ3) is 5.38. The minimum atomic E-state index is 0.0731. The summed E-state index contributed by atoms with van der Waals surface area (Å²) in [6.07, 6.45) is 7.17. The van der Waals surface area contributed by atoms with Crippen molar-refractivity contribution in [1.82, 2.24) is 5.43 Å². The number of nitrogens with two attached hydrogens (primary N) is 1. The molecule has 0 heterocycles. The fourth-order valence-electron chi connectivity index (χ4n) is 2.44. The van der Waals surface area contributed by atoms with Gasteiger partial charge in [-0.3, -0.25) is 11.3 Å². The summed E-state index contributed by atoms with van der Waals surface area (Å²) in [5.74, 6) is 6.88. The quantitative estimate of drug-likeness (QED) is 0.385. The molecule has 4 nitrogen and oxygen atoms in total. The number of halogens is 1. The van der Waals surface area contributed by atoms with Gasteiger partial charge in [0.15, 0.2) is 11.5 Å². The van der Waals surface area contributed by atoms with E-state index in [4.69, 9.17) is 26.9 Å². The molecule has 21 heavy (non-hydrogen) atoms. The summed E-state index contributed by atoms with van der Waals surface area (Å²) in [6.45, 7) is 2.22. The van der Waals surface area contributed by atoms with Crippen LogP contribution in [0.25, 0.3) is 0 Å². The van der Waals surface area contributed by atoms with Crippen molar-refractivity contribution in [2.45, 2.75) is 51.5 Å². The molecule has 1 rings (SSSR count). The monoisotopic (exact) mass is 314 g/mol. The van der Waals surface area contributed by atoms with Gasteiger partial charge in [-0.25, -0.2) is 0 Å². The number of methoxy groups -OCH3 is 2. The van der Waals surface area contributed by atoms with E-state index in [1.807, 2.05) is 12.1 Å². The van der Waals surface area contributed by atoms with Gasteiger partial charge in [0.1, 0.15) is 0 Å². The molecule has 0 fully saturated rings. The molecule has 1 unspecified atom stereocenters. The molecule has 0 aliphatic carbocycles. The minimum Gasteiger partial charge on any atom is -0.493 e. The van der Waals surface area contributed by atoms with Crippen LogP contribution >= 0.6 is 11.6 Å². The predicted octanol–water partition coefficient (Wildman–Crippen LogP) is 4.22. The average molecular weight is 315 g/mol. The second kappa shape index (κ2) is 9.87. The molecular formula is C16H27ClN2O2. The third-order valence-corrected chi connectivity index (χ3v) is 3.94. The largest absolute Gasteiger partial charge is 0.493 e. The first-order valence-corrected chi connectivity index (χ1v) is 7.93. The van der Waals surface area contributed by atoms with Crippen LogP contribution < -0.4 is 20.7 Å². The van der Waals surface area contributed by atoms with Gasteiger partial charge in [-0.15, -0.1) is 0 Å². The Kier molecular flexibility index (Phi) is 8.50. The molecule has 0 aliphatic rings. The van der Waals surface area contributed by atoms with E-state index in [0.29, 0.717) is 16.5 Å². The molecule has 0 aliphatic heterocycles. The fraction of sp³-hybridized carbons (Fsp3) is 0.625. The summed E-state index contributed by atoms with van der Waals surface area (Å²) in [7, 11) is 3.18. The SMILES string of the molecule is CCCCCCCC(NN)c1cc(Cl)c(OC)c(OC)c1. The van der Waals surface area contributed by atoms with E-state index in [1.54, 1.807) is 14.2 Å². The minimum absolute atomic E-state index is 0.0731. The summed E-state index contributed by atoms with van der Waals surface area (Å²) in [5, 5.41) is 0.540. The molecule has 0 amide bonds. The molecule has 0 spiro atoms. The first-order valence-electron chi connectivity index (χ1n) is 7.55. The summed E-state index contributed by atoms with van der Waals surface area (Å²) >= 11 is 6.24. The van der Waals surface area contributed by atoms with E-state index in [0.717, 1.165) is 18.4 Å². The van der Waals surface area contributed by atoms with Gasteiger partial charge >= 0.3 is 0 Å². The maximum atomic E-state index is 6.24. The van der Waals surface area contributed by atoms with Crippen molar-refractivity contribution in [3.05, 3.63) is 22.7 Å². The Bertz CT molecular complexity index is 427. The second-order valence-corrected chi connectivity index (χ2v) is 5.57. The van der Waals surface area contributed by atoms with Crippen LogP contribution in [0, 0.1) is 0 Å². The molecule has 120 valence electrons. The molecule has 0 bridgehead atoms. The highest BCUT2D eigenvalue weighted by atomic mass is 35.5. The highest BCUT2D eigenvalue weighted by molar-refractivity contribution is 6.32. The zero-order valence-electron chi connectivity index (χ0n) is 13.2. The van der Waals surface area contributed by atoms with Crippen LogP contribution in [0.1, 0.15) is 57.1 Å². The topological polar surface area (TPSA) is 56.5 Å². The van der Waals surface area contributed by atoms with E-state index in [9.17, 15) is 0 Å². The van der Waals surface area contributed by atoms with Gasteiger partial charge in [-0.05, 0) is 24.1 Å². The Morgan fingerprint density at radius 3 is 2.43 bits per heavy atom. The summed E-state index contributed by atoms with van der Waals surface area (Å²) in [4.78, 5) is 0. The van der Waals surface area contributed by atoms with Crippen molar-refractivity contribution in [3.8, 4) is 11.5 Å². The van der Waals surface area contributed by atoms with Crippen molar-refractivity contribution in [3.63, 3.8) is 0 Å². The molecule has 1 aromatic rings. The third-order valence-electron chi connectivity index (χ3n) is 3.66. The standard InChI is InChI=1S/C16H27ClN2O2/c1-4-5-6-7-8-9-14(19-18)12-10-13(17)16(21-3)15(11-12)20-2/h10-11,14,19H,4-9,18H2,1-3H3. The summed E-state index contributed by atoms with van der Waals surface area (Å²) in [6, 6.07) is 3.89. The molecule has 1 aromatic carbocycles. The van der Waals surface area contributed by atoms with Crippen molar-refractivity contribution >= 4 is 11.6 Å². The highest BCUT2D eigenvalue weighted by Crippen LogP contribution is 2.38. The number of rotatable bonds is 10. The van der Waals surface area contributed by atoms with Crippen LogP contribution in [-0.2, 0) is 0 Å². The molecule has 3 N–H and O–H groups in total. The van der Waals surface area contributed by atoms with Crippen LogP contribution in [0.5, 0.6) is 11.5 Å². The Morgan fingerprint density at radius 2 is 1.86 bits per heavy atom. The van der Waals surface area contributed by atoms with Crippen LogP contribution in [0.2, 0.25) is 5.02 Å². The van der Waals surface area contributed by atoms with Gasteiger partial charge in [0.2, 0.25) is 0 Å². The van der Waals surface area contributed by atoms with Crippen LogP contribution in [0.3, 0.4) is 0 Å². The maximum absolute atomic E-state index is 6.24. The lowest BCUT2D eigenvalue weighted by Gasteiger charge is -2.19. The smallest absolute Gasteiger partial charge is 0.179 e. The molecular weight excluding hydrogens is 288 g/mol. The molecule has 0 saturated heterocycles. The predicted molar refractivity (Wildman–Crippen MR) is 88.0 cm³/mol. The molecule has 1 atom stereocenters. The molecule has 5 heteroatoms. The van der Waals surface area contributed by atoms with Gasteiger partial charge in [-0.1, -0.05) is 50.6 Å². The van der Waals surface area contributed by atoms with E-state index in [-0.39, 0.29) is 6.04 Å². The Balaban J connectivity index is 2.74. The lowest BCUT2D eigenvalue weighted by Crippen LogP contribution is -2.28. The maximum Gasteiger partial charge on any atom is 0.179 e. The number of hydrazine groups is 1. The van der Waals surface area contributed by atoms with Crippen molar-refractivity contribution in [2.24, 2.45) is 5.84 Å². The Labute approximate surface area is 132 Å². The normalized spacial score (nSPS) is 12.2. The zero-order chi connectivity index (χ0) is 15.7. The van der Waals surface area contributed by atoms with Crippen molar-refractivity contribution < 1.29 is 9.47 Å². The van der Waals surface area contributed by atoms with E-state index in [2.05, 4.69) is 12.3 Å². The summed E-state index contributed by atoms with van der Waals surface area (Å²) < 4.78 is 10.6. The van der Waals surface area contributed by atoms with Crippen LogP contribution in [0.15, 0.2) is 12.1 Å². The number of ether oxygens (including phenoxy) is 2. The molecule has 0 saturated carbocycles. The van der Waals surface area contributed by atoms with Gasteiger partial charge < -0.3 is 9.47 Å². The number of hydrogen-bond donors (Lipinski definition) is 2. The number of unbranched alkanes of at least 4 members (excludes halogenated alkanes) is 4. The van der Waals surface area contributed by atoms with E-state index >= 15 is 0 Å². The lowest BCUT2D eigenvalue weighted by molar-refractivity contribution is 0.353. The number of hydrogen-bond acceptors (Lipinski definition) is 4.